The molecule has 4 nitrogen and oxygen atoms in total. The van der Waals surface area contributed by atoms with Crippen LogP contribution in [0, 0.1) is 0 Å². The van der Waals surface area contributed by atoms with Gasteiger partial charge in [-0.3, -0.25) is 0 Å². The molecule has 0 heterocycles. The predicted octanol–water partition coefficient (Wildman–Crippen LogP) is -3.58. The van der Waals surface area contributed by atoms with Gasteiger partial charge >= 0.3 is 142 Å². The van der Waals surface area contributed by atoms with Crippen LogP contribution in [-0.2, 0) is 15.7 Å². The quantitative estimate of drug-likeness (QED) is 0.204. The molecular formula is C10H6F6I2O4-2. The van der Waals surface area contributed by atoms with E-state index < -0.39 is 69.0 Å². The molecule has 0 saturated carbocycles. The summed E-state index contributed by atoms with van der Waals surface area (Å²) in [4.78, 5) is 21.4. The third-order valence-electron chi connectivity index (χ3n) is 1.91. The fraction of sp³-hybridized carbons (Fsp3) is 0.400. The molecule has 1 aliphatic rings. The maximum atomic E-state index is 12.1. The first-order valence-electron chi connectivity index (χ1n) is 5.19. The summed E-state index contributed by atoms with van der Waals surface area (Å²) in [5, 5.41) is 0. The van der Waals surface area contributed by atoms with Crippen molar-refractivity contribution in [2.24, 2.45) is 0 Å². The molecule has 0 atom stereocenters. The van der Waals surface area contributed by atoms with E-state index in [9.17, 15) is 35.9 Å². The Balaban J connectivity index is 2.72. The van der Waals surface area contributed by atoms with Crippen LogP contribution in [0.25, 0.3) is 0 Å². The molecular weight excluding hydrogens is 552 g/mol. The molecule has 1 aliphatic carbocycles. The Morgan fingerprint density at radius 1 is 0.909 bits per heavy atom. The van der Waals surface area contributed by atoms with Gasteiger partial charge in [-0.05, 0) is 0 Å². The Morgan fingerprint density at radius 3 is 1.68 bits per heavy atom. The van der Waals surface area contributed by atoms with Crippen molar-refractivity contribution in [1.82, 2.24) is 0 Å². The minimum atomic E-state index is -5.18. The molecule has 0 aromatic rings. The van der Waals surface area contributed by atoms with Crippen molar-refractivity contribution in [3.8, 4) is 0 Å². The van der Waals surface area contributed by atoms with Crippen molar-refractivity contribution in [3.05, 3.63) is 24.3 Å². The Bertz CT molecular complexity index is 467. The van der Waals surface area contributed by atoms with Crippen molar-refractivity contribution in [3.63, 3.8) is 0 Å². The average Bonchev–Trinajstić information content (AvgIpc) is 2.41. The van der Waals surface area contributed by atoms with E-state index in [1.165, 1.54) is 24.3 Å². The maximum absolute atomic E-state index is 12.1. The Hall–Kier alpha value is -0.540. The van der Waals surface area contributed by atoms with E-state index in [4.69, 9.17) is 0 Å². The number of hydrogen-bond acceptors (Lipinski definition) is 4. The first kappa shape index (κ1) is 19.5. The summed E-state index contributed by atoms with van der Waals surface area (Å²) in [7, 11) is 0. The van der Waals surface area contributed by atoms with Crippen LogP contribution in [0.15, 0.2) is 24.3 Å². The fourth-order valence-corrected chi connectivity index (χ4v) is 5.83. The van der Waals surface area contributed by atoms with Crippen LogP contribution in [0.5, 0.6) is 0 Å². The summed E-state index contributed by atoms with van der Waals surface area (Å²) in [6.45, 7) is 0. The molecule has 0 aliphatic heterocycles. The molecule has 0 bridgehead atoms. The van der Waals surface area contributed by atoms with Gasteiger partial charge in [-0.2, -0.15) is 0 Å². The van der Waals surface area contributed by atoms with E-state index >= 15 is 0 Å². The van der Waals surface area contributed by atoms with Crippen molar-refractivity contribution < 1.29 is 85.3 Å². The van der Waals surface area contributed by atoms with E-state index in [1.54, 1.807) is 0 Å². The average molecular weight is 558 g/mol. The van der Waals surface area contributed by atoms with E-state index in [-0.39, 0.29) is 6.42 Å². The summed E-state index contributed by atoms with van der Waals surface area (Å²) >= 11 is -3.92. The molecule has 0 amide bonds. The number of carbonyl (C=O) groups excluding carboxylic acids is 2. The topological polar surface area (TPSA) is 52.6 Å². The molecule has 0 spiro atoms. The van der Waals surface area contributed by atoms with Crippen LogP contribution in [0.4, 0.5) is 26.3 Å². The number of allylic oxidation sites excluding steroid dienone is 4. The number of rotatable bonds is 4. The molecule has 0 unspecified atom stereocenters. The molecule has 128 valence electrons. The van der Waals surface area contributed by atoms with E-state index in [0.29, 0.717) is 0 Å². The van der Waals surface area contributed by atoms with Crippen LogP contribution >= 0.6 is 0 Å². The molecule has 0 saturated heterocycles. The number of halogens is 8. The molecule has 12 heteroatoms. The van der Waals surface area contributed by atoms with Gasteiger partial charge in [-0.1, -0.05) is 0 Å². The number of alkyl halides is 8. The molecule has 0 aromatic carbocycles. The Kier molecular flexibility index (Phi) is 6.52. The van der Waals surface area contributed by atoms with Crippen LogP contribution in [0.3, 0.4) is 0 Å². The van der Waals surface area contributed by atoms with Crippen molar-refractivity contribution in [1.29, 1.82) is 0 Å². The zero-order valence-corrected chi connectivity index (χ0v) is 14.5. The van der Waals surface area contributed by atoms with Gasteiger partial charge in [0.15, 0.2) is 0 Å². The zero-order chi connectivity index (χ0) is 17.0. The number of hydrogen-bond donors (Lipinski definition) is 0. The van der Waals surface area contributed by atoms with Crippen LogP contribution in [0.1, 0.15) is 6.42 Å². The van der Waals surface area contributed by atoms with E-state index in [1.807, 2.05) is 0 Å². The summed E-state index contributed by atoms with van der Waals surface area (Å²) in [5.41, 5.74) is 0. The third kappa shape index (κ3) is 5.92. The van der Waals surface area contributed by atoms with Gasteiger partial charge in [0.25, 0.3) is 0 Å². The van der Waals surface area contributed by atoms with Gasteiger partial charge < -0.3 is 0 Å². The summed E-state index contributed by atoms with van der Waals surface area (Å²) in [6, 6.07) is 0. The van der Waals surface area contributed by atoms with Gasteiger partial charge in [0.2, 0.25) is 0 Å². The normalized spacial score (nSPS) is 17.5. The Morgan fingerprint density at radius 2 is 1.36 bits per heavy atom. The standard InChI is InChI=1S/C10H6F6I2O4/c11-9(12,13)6(19)21-17-8(4-2-1-3-5-8)18-22-7(20)10(14,15)16/h1-4H,5H2/q-2. The van der Waals surface area contributed by atoms with Gasteiger partial charge in [0.05, 0.1) is 0 Å². The van der Waals surface area contributed by atoms with Gasteiger partial charge in [0.1, 0.15) is 0 Å². The van der Waals surface area contributed by atoms with Crippen molar-refractivity contribution >= 4 is 11.9 Å². The van der Waals surface area contributed by atoms with Gasteiger partial charge in [-0.15, -0.1) is 0 Å². The summed E-state index contributed by atoms with van der Waals surface area (Å²) in [5.74, 6) is -4.82. The molecule has 22 heavy (non-hydrogen) atoms. The molecule has 0 N–H and O–H groups in total. The van der Waals surface area contributed by atoms with E-state index in [0.717, 1.165) is 0 Å². The fourth-order valence-electron chi connectivity index (χ4n) is 0.980. The third-order valence-corrected chi connectivity index (χ3v) is 8.45. The predicted molar refractivity (Wildman–Crippen MR) is 49.9 cm³/mol. The van der Waals surface area contributed by atoms with Crippen LogP contribution in [-0.4, -0.2) is 25.7 Å². The van der Waals surface area contributed by atoms with Gasteiger partial charge in [0, 0.05) is 0 Å². The van der Waals surface area contributed by atoms with Crippen molar-refractivity contribution in [2.75, 3.05) is 0 Å². The monoisotopic (exact) mass is 558 g/mol. The number of carbonyl (C=O) groups is 2. The Labute approximate surface area is 141 Å². The summed E-state index contributed by atoms with van der Waals surface area (Å²) in [6.07, 6.45) is -4.59. The van der Waals surface area contributed by atoms with Crippen LogP contribution < -0.4 is 43.2 Å². The molecule has 0 fully saturated rings. The second-order valence-corrected chi connectivity index (χ2v) is 11.3. The first-order chi connectivity index (χ1) is 9.96. The van der Waals surface area contributed by atoms with E-state index in [2.05, 4.69) is 6.13 Å². The van der Waals surface area contributed by atoms with Crippen molar-refractivity contribution in [2.45, 2.75) is 20.2 Å². The zero-order valence-electron chi connectivity index (χ0n) is 10.2. The first-order valence-corrected chi connectivity index (χ1v) is 9.11. The summed E-state index contributed by atoms with van der Waals surface area (Å²) < 4.78 is 79.6. The second-order valence-electron chi connectivity index (χ2n) is 3.63. The molecule has 1 rings (SSSR count). The molecule has 0 radical (unpaired) electrons. The van der Waals surface area contributed by atoms with Crippen LogP contribution in [0.2, 0.25) is 0 Å². The SMILES string of the molecule is O=C(O[I-]C1([I-]OC(=O)C(F)(F)F)C=CC=CC1)C(F)(F)F. The minimum absolute atomic E-state index is 0.0420. The van der Waals surface area contributed by atoms with Gasteiger partial charge in [-0.25, -0.2) is 0 Å². The molecule has 0 aromatic heterocycles. The second kappa shape index (κ2) is 7.35.